The van der Waals surface area contributed by atoms with E-state index in [4.69, 9.17) is 5.11 Å². The molecule has 1 aliphatic heterocycles. The Bertz CT molecular complexity index is 838. The minimum Gasteiger partial charge on any atom is -0.478 e. The lowest BCUT2D eigenvalue weighted by Gasteiger charge is -2.11. The van der Waals surface area contributed by atoms with Gasteiger partial charge in [-0.3, -0.25) is 4.79 Å². The van der Waals surface area contributed by atoms with E-state index in [0.717, 1.165) is 0 Å². The minimum absolute atomic E-state index is 0.180. The number of nitrogens with zero attached hydrogens (tertiary/aromatic N) is 2. The van der Waals surface area contributed by atoms with Gasteiger partial charge in [-0.2, -0.15) is 10.1 Å². The molecule has 0 bridgehead atoms. The van der Waals surface area contributed by atoms with Gasteiger partial charge in [0.25, 0.3) is 5.91 Å². The van der Waals surface area contributed by atoms with Crippen molar-refractivity contribution >= 4 is 29.4 Å². The summed E-state index contributed by atoms with van der Waals surface area (Å²) in [6, 6.07) is 15.6. The lowest BCUT2D eigenvalue weighted by atomic mass is 10.1. The molecule has 0 aromatic heterocycles. The Labute approximate surface area is 133 Å². The highest BCUT2D eigenvalue weighted by Crippen LogP contribution is 2.24. The van der Waals surface area contributed by atoms with Gasteiger partial charge < -0.3 is 5.11 Å². The summed E-state index contributed by atoms with van der Waals surface area (Å²) in [5, 5.41) is 14.7. The van der Waals surface area contributed by atoms with Gasteiger partial charge in [0.15, 0.2) is 0 Å². The standard InChI is InChI=1S/C18H14N2O3/c1-12-16(11-13-6-5-7-14(10-13)18(22)23)17(21)20(19-12)15-8-3-2-4-9-15/h2-11H,1H3,(H,22,23)/b16-11+. The Balaban J connectivity index is 1.95. The van der Waals surface area contributed by atoms with Crippen LogP contribution >= 0.6 is 0 Å². The lowest BCUT2D eigenvalue weighted by Crippen LogP contribution is -2.21. The summed E-state index contributed by atoms with van der Waals surface area (Å²) in [6.45, 7) is 1.76. The zero-order valence-electron chi connectivity index (χ0n) is 12.4. The van der Waals surface area contributed by atoms with Gasteiger partial charge in [-0.05, 0) is 42.8 Å². The largest absolute Gasteiger partial charge is 0.478 e. The van der Waals surface area contributed by atoms with Crippen molar-refractivity contribution in [2.75, 3.05) is 5.01 Å². The second-order valence-electron chi connectivity index (χ2n) is 5.13. The first-order valence-electron chi connectivity index (χ1n) is 7.06. The van der Waals surface area contributed by atoms with E-state index in [1.807, 2.05) is 30.3 Å². The number of para-hydroxylation sites is 1. The molecule has 1 N–H and O–H groups in total. The Hall–Kier alpha value is -3.21. The van der Waals surface area contributed by atoms with Gasteiger partial charge in [-0.15, -0.1) is 0 Å². The molecule has 114 valence electrons. The van der Waals surface area contributed by atoms with Crippen LogP contribution in [-0.4, -0.2) is 22.7 Å². The number of aromatic carboxylic acids is 1. The van der Waals surface area contributed by atoms with Gasteiger partial charge in [0, 0.05) is 0 Å². The van der Waals surface area contributed by atoms with Crippen molar-refractivity contribution in [2.24, 2.45) is 5.10 Å². The van der Waals surface area contributed by atoms with E-state index in [9.17, 15) is 9.59 Å². The molecular formula is C18H14N2O3. The van der Waals surface area contributed by atoms with Gasteiger partial charge in [-0.25, -0.2) is 4.79 Å². The first-order valence-corrected chi connectivity index (χ1v) is 7.06. The summed E-state index contributed by atoms with van der Waals surface area (Å²) in [4.78, 5) is 23.6. The smallest absolute Gasteiger partial charge is 0.335 e. The number of anilines is 1. The zero-order chi connectivity index (χ0) is 16.4. The quantitative estimate of drug-likeness (QED) is 0.885. The van der Waals surface area contributed by atoms with Gasteiger partial charge in [0.1, 0.15) is 0 Å². The molecule has 0 atom stereocenters. The molecule has 3 rings (SSSR count). The number of benzene rings is 2. The lowest BCUT2D eigenvalue weighted by molar-refractivity contribution is -0.114. The van der Waals surface area contributed by atoms with Crippen molar-refractivity contribution in [1.82, 2.24) is 0 Å². The van der Waals surface area contributed by atoms with E-state index in [1.165, 1.54) is 17.1 Å². The van der Waals surface area contributed by atoms with Crippen molar-refractivity contribution in [3.63, 3.8) is 0 Å². The third-order valence-corrected chi connectivity index (χ3v) is 3.51. The van der Waals surface area contributed by atoms with E-state index in [-0.39, 0.29) is 11.5 Å². The monoisotopic (exact) mass is 306 g/mol. The highest BCUT2D eigenvalue weighted by atomic mass is 16.4. The average molecular weight is 306 g/mol. The van der Waals surface area contributed by atoms with E-state index < -0.39 is 5.97 Å². The first-order chi connectivity index (χ1) is 11.1. The van der Waals surface area contributed by atoms with Crippen LogP contribution in [-0.2, 0) is 4.79 Å². The number of amides is 1. The number of hydrazone groups is 1. The van der Waals surface area contributed by atoms with E-state index in [2.05, 4.69) is 5.10 Å². The van der Waals surface area contributed by atoms with Gasteiger partial charge >= 0.3 is 5.97 Å². The normalized spacial score (nSPS) is 15.9. The molecule has 0 unspecified atom stereocenters. The number of carboxylic acid groups (broad SMARTS) is 1. The fourth-order valence-electron chi connectivity index (χ4n) is 2.36. The molecule has 23 heavy (non-hydrogen) atoms. The molecule has 2 aromatic rings. The van der Waals surface area contributed by atoms with Crippen LogP contribution in [0.2, 0.25) is 0 Å². The number of rotatable bonds is 3. The first kappa shape index (κ1) is 14.7. The van der Waals surface area contributed by atoms with E-state index >= 15 is 0 Å². The third kappa shape index (κ3) is 2.89. The van der Waals surface area contributed by atoms with Crippen molar-refractivity contribution in [3.8, 4) is 0 Å². The molecule has 0 fully saturated rings. The van der Waals surface area contributed by atoms with Crippen LogP contribution in [0.3, 0.4) is 0 Å². The number of carbonyl (C=O) groups excluding carboxylic acids is 1. The summed E-state index contributed by atoms with van der Waals surface area (Å²) >= 11 is 0. The summed E-state index contributed by atoms with van der Waals surface area (Å²) in [5.74, 6) is -1.23. The highest BCUT2D eigenvalue weighted by molar-refractivity contribution is 6.32. The van der Waals surface area contributed by atoms with E-state index in [0.29, 0.717) is 22.5 Å². The predicted molar refractivity (Wildman–Crippen MR) is 88.4 cm³/mol. The van der Waals surface area contributed by atoms with E-state index in [1.54, 1.807) is 25.1 Å². The van der Waals surface area contributed by atoms with Crippen molar-refractivity contribution < 1.29 is 14.7 Å². The molecular weight excluding hydrogens is 292 g/mol. The van der Waals surface area contributed by atoms with Gasteiger partial charge in [0.2, 0.25) is 0 Å². The molecule has 1 heterocycles. The minimum atomic E-state index is -1.00. The molecule has 5 nitrogen and oxygen atoms in total. The van der Waals surface area contributed by atoms with Crippen molar-refractivity contribution in [2.45, 2.75) is 6.92 Å². The predicted octanol–water partition coefficient (Wildman–Crippen LogP) is 3.19. The van der Waals surface area contributed by atoms with Crippen LogP contribution in [0.1, 0.15) is 22.8 Å². The van der Waals surface area contributed by atoms with Crippen LogP contribution in [0.25, 0.3) is 6.08 Å². The van der Waals surface area contributed by atoms with Crippen LogP contribution in [0.15, 0.2) is 65.3 Å². The molecule has 0 spiro atoms. The van der Waals surface area contributed by atoms with Crippen LogP contribution in [0.4, 0.5) is 5.69 Å². The highest BCUT2D eigenvalue weighted by Gasteiger charge is 2.28. The fraction of sp³-hybridized carbons (Fsp3) is 0.0556. The average Bonchev–Trinajstić information content (AvgIpc) is 2.84. The molecule has 0 saturated carbocycles. The summed E-state index contributed by atoms with van der Waals surface area (Å²) in [5.41, 5.74) is 2.58. The summed E-state index contributed by atoms with van der Waals surface area (Å²) in [7, 11) is 0. The van der Waals surface area contributed by atoms with Crippen LogP contribution in [0.5, 0.6) is 0 Å². The third-order valence-electron chi connectivity index (χ3n) is 3.51. The van der Waals surface area contributed by atoms with Crippen molar-refractivity contribution in [1.29, 1.82) is 0 Å². The molecule has 0 saturated heterocycles. The number of carbonyl (C=O) groups is 2. The molecule has 2 aromatic carbocycles. The summed E-state index contributed by atoms with van der Waals surface area (Å²) < 4.78 is 0. The summed E-state index contributed by atoms with van der Waals surface area (Å²) in [6.07, 6.45) is 1.66. The Morgan fingerprint density at radius 3 is 2.57 bits per heavy atom. The second kappa shape index (κ2) is 5.88. The van der Waals surface area contributed by atoms with Gasteiger partial charge in [0.05, 0.1) is 22.5 Å². The Kier molecular flexibility index (Phi) is 3.76. The number of hydrogen-bond acceptors (Lipinski definition) is 3. The Morgan fingerprint density at radius 1 is 1.13 bits per heavy atom. The molecule has 1 amide bonds. The maximum Gasteiger partial charge on any atom is 0.335 e. The van der Waals surface area contributed by atoms with Gasteiger partial charge in [-0.1, -0.05) is 30.3 Å². The second-order valence-corrected chi connectivity index (χ2v) is 5.13. The molecule has 0 radical (unpaired) electrons. The maximum atomic E-state index is 12.6. The SMILES string of the molecule is CC1=NN(c2ccccc2)C(=O)/C1=C/c1cccc(C(=O)O)c1. The van der Waals surface area contributed by atoms with Crippen molar-refractivity contribution in [3.05, 3.63) is 71.3 Å². The Morgan fingerprint density at radius 2 is 1.87 bits per heavy atom. The molecule has 0 aliphatic carbocycles. The van der Waals surface area contributed by atoms with Crippen LogP contribution < -0.4 is 5.01 Å². The topological polar surface area (TPSA) is 70.0 Å². The molecule has 1 aliphatic rings. The zero-order valence-corrected chi connectivity index (χ0v) is 12.4. The number of hydrogen-bond donors (Lipinski definition) is 1. The maximum absolute atomic E-state index is 12.6. The van der Waals surface area contributed by atoms with Crippen LogP contribution in [0, 0.1) is 0 Å². The molecule has 5 heteroatoms. The fourth-order valence-corrected chi connectivity index (χ4v) is 2.36. The number of carboxylic acids is 1.